The van der Waals surface area contributed by atoms with Crippen molar-refractivity contribution in [2.75, 3.05) is 19.7 Å². The number of carbonyl (C=O) groups is 5. The summed E-state index contributed by atoms with van der Waals surface area (Å²) in [6.45, 7) is 1.77. The number of aryl methyl sites for hydroxylation is 2. The van der Waals surface area contributed by atoms with Gasteiger partial charge in [-0.1, -0.05) is 126 Å². The van der Waals surface area contributed by atoms with Gasteiger partial charge in [-0.2, -0.15) is 5.16 Å². The summed E-state index contributed by atoms with van der Waals surface area (Å²) in [5.41, 5.74) is 9.92. The van der Waals surface area contributed by atoms with E-state index >= 15 is 0 Å². The highest BCUT2D eigenvalue weighted by molar-refractivity contribution is 6.31. The van der Waals surface area contributed by atoms with Crippen LogP contribution in [0.1, 0.15) is 65.6 Å². The Morgan fingerprint density at radius 2 is 1.15 bits per heavy atom. The van der Waals surface area contributed by atoms with Crippen molar-refractivity contribution in [3.8, 4) is 28.1 Å². The molecule has 0 fully saturated rings. The number of rotatable bonds is 23. The van der Waals surface area contributed by atoms with Gasteiger partial charge in [0.25, 0.3) is 11.4 Å². The number of aromatic nitrogens is 2. The first-order valence-electron chi connectivity index (χ1n) is 25.4. The van der Waals surface area contributed by atoms with E-state index in [9.17, 15) is 48.6 Å². The summed E-state index contributed by atoms with van der Waals surface area (Å²) in [6, 6.07) is 39.9. The minimum atomic E-state index is -1.76. The van der Waals surface area contributed by atoms with Crippen LogP contribution < -0.4 is 32.8 Å². The van der Waals surface area contributed by atoms with Crippen LogP contribution in [0.2, 0.25) is 10.0 Å². The molecule has 448 valence electrons. The Balaban J connectivity index is 0.000000214. The van der Waals surface area contributed by atoms with Gasteiger partial charge in [0.05, 0.1) is 31.1 Å². The first kappa shape index (κ1) is 64.0. The number of aliphatic carboxylic acids is 1. The van der Waals surface area contributed by atoms with Crippen molar-refractivity contribution < 1.29 is 75.5 Å². The summed E-state index contributed by atoms with van der Waals surface area (Å²) in [4.78, 5) is 93.9. The second kappa shape index (κ2) is 30.8. The monoisotopic (exact) mass is 1240 g/mol. The number of alkyl halides is 1. The van der Waals surface area contributed by atoms with E-state index < -0.39 is 72.1 Å². The molecule has 2 atom stereocenters. The Bertz CT molecular complexity index is 3930. The van der Waals surface area contributed by atoms with Gasteiger partial charge in [-0.25, -0.2) is 29.2 Å². The third-order valence-corrected chi connectivity index (χ3v) is 12.6. The highest BCUT2D eigenvalue weighted by Crippen LogP contribution is 2.25. The zero-order chi connectivity index (χ0) is 61.9. The van der Waals surface area contributed by atoms with Crippen LogP contribution in [0.3, 0.4) is 0 Å². The van der Waals surface area contributed by atoms with Gasteiger partial charge in [-0.3, -0.25) is 30.0 Å². The molecule has 2 amide bonds. The van der Waals surface area contributed by atoms with E-state index in [1.165, 1.54) is 23.0 Å². The van der Waals surface area contributed by atoms with Gasteiger partial charge in [0.2, 0.25) is 11.5 Å². The molecule has 0 bridgehead atoms. The van der Waals surface area contributed by atoms with Crippen LogP contribution in [0.25, 0.3) is 22.3 Å². The standard InChI is InChI=1S/C28H24ClN3O7.C25H22ClN3O9.C5H5ClO3/c29-22-8-4-7-21(13-22)19-11-9-18(10-12-19)15-32(30-27(36)25-14-26(35)31-39-25)16-23(33)28(37)38-17-24(34)20-5-2-1-3-6-20;1-14-21(37-25(34)36-14)13-35-22-10-20(38-28-22)23(31)27-29(12-19(30)24(32)33)11-15-5-7-16(8-6-15)17-3-2-4-18(26)9-17;1-3-4(2-6)9-5(7)8-3/h1-14,23,33H,15-17H2,(H,30,36)(H,31,35);2-10,19,30H,11-13H2,1H3,(H,27,31)(H,32,33);2H2,1H3/t23-;19-;/m11./s1. The number of amides is 2. The molecule has 0 aliphatic rings. The summed E-state index contributed by atoms with van der Waals surface area (Å²) in [6.07, 6.45) is -3.46. The molecule has 25 nitrogen and oxygen atoms in total. The smallest absolute Gasteiger partial charge is 0.479 e. The lowest BCUT2D eigenvalue weighted by Gasteiger charge is -2.24. The molecular formula is C58H51Cl3N6O19. The molecule has 9 aromatic rings. The minimum absolute atomic E-state index is 0.0628. The number of Topliss-reactive ketones (excluding diaryl/α,β-unsaturated/α-hetero) is 1. The number of aromatic amines is 1. The molecule has 9 rings (SSSR count). The second-order valence-electron chi connectivity index (χ2n) is 18.2. The SMILES string of the molecule is Cc1oc(=O)oc1CCl.Cc1oc(=O)oc1COc1cc(C(=O)NN(Cc2ccc(-c3cccc(Cl)c3)cc2)C[C@@H](O)C(=O)O)on1.O=C(COC(=O)[C@H](O)CN(Cc1ccc(-c2cccc(Cl)c2)cc1)NC(=O)c1cc(=O)[nH]o1)c1ccccc1. The first-order valence-corrected chi connectivity index (χ1v) is 26.7. The quantitative estimate of drug-likeness (QED) is 0.0156. The molecular weight excluding hydrogens is 1190 g/mol. The predicted octanol–water partition coefficient (Wildman–Crippen LogP) is 7.52. The van der Waals surface area contributed by atoms with Gasteiger partial charge in [-0.15, -0.1) is 11.6 Å². The molecule has 0 radical (unpaired) electrons. The fraction of sp³-hybridized carbons (Fsp3) is 0.190. The summed E-state index contributed by atoms with van der Waals surface area (Å²) in [5, 5.41) is 38.9. The van der Waals surface area contributed by atoms with Crippen molar-refractivity contribution in [1.82, 2.24) is 31.2 Å². The van der Waals surface area contributed by atoms with Gasteiger partial charge < -0.3 is 51.5 Å². The van der Waals surface area contributed by atoms with Gasteiger partial charge in [0.1, 0.15) is 5.76 Å². The first-order chi connectivity index (χ1) is 41.2. The van der Waals surface area contributed by atoms with E-state index in [-0.39, 0.29) is 61.0 Å². The van der Waals surface area contributed by atoms with E-state index in [0.717, 1.165) is 39.4 Å². The highest BCUT2D eigenvalue weighted by atomic mass is 35.5. The topological polar surface area (TPSA) is 354 Å². The van der Waals surface area contributed by atoms with Crippen LogP contribution in [0, 0.1) is 13.8 Å². The Kier molecular flexibility index (Phi) is 22.9. The average molecular weight is 1240 g/mol. The van der Waals surface area contributed by atoms with Gasteiger partial charge in [-0.05, 0) is 76.7 Å². The lowest BCUT2D eigenvalue weighted by Crippen LogP contribution is -2.47. The van der Waals surface area contributed by atoms with Gasteiger partial charge in [0.15, 0.2) is 48.5 Å². The van der Waals surface area contributed by atoms with Crippen LogP contribution in [-0.2, 0) is 39.9 Å². The summed E-state index contributed by atoms with van der Waals surface area (Å²) >= 11 is 17.5. The zero-order valence-corrected chi connectivity index (χ0v) is 47.5. The molecule has 4 aromatic heterocycles. The highest BCUT2D eigenvalue weighted by Gasteiger charge is 2.26. The van der Waals surface area contributed by atoms with Crippen LogP contribution in [0.4, 0.5) is 0 Å². The zero-order valence-electron chi connectivity index (χ0n) is 45.2. The van der Waals surface area contributed by atoms with E-state index in [1.807, 2.05) is 78.0 Å². The molecule has 86 heavy (non-hydrogen) atoms. The molecule has 0 unspecified atom stereocenters. The summed E-state index contributed by atoms with van der Waals surface area (Å²) < 4.78 is 38.7. The van der Waals surface area contributed by atoms with Crippen LogP contribution in [0.15, 0.2) is 181 Å². The number of hydrazine groups is 2. The maximum Gasteiger partial charge on any atom is 0.519 e. The fourth-order valence-corrected chi connectivity index (χ4v) is 8.18. The Hall–Kier alpha value is -9.60. The number of carboxylic acids is 1. The van der Waals surface area contributed by atoms with Crippen LogP contribution in [-0.4, -0.2) is 97.1 Å². The molecule has 0 saturated heterocycles. The number of esters is 1. The molecule has 0 aliphatic carbocycles. The Labute approximate surface area is 500 Å². The molecule has 0 saturated carbocycles. The third kappa shape index (κ3) is 19.2. The number of carboxylic acid groups (broad SMARTS) is 1. The molecule has 0 spiro atoms. The minimum Gasteiger partial charge on any atom is -0.479 e. The van der Waals surface area contributed by atoms with Crippen molar-refractivity contribution in [3.63, 3.8) is 0 Å². The number of nitrogens with one attached hydrogen (secondary N) is 3. The number of nitrogens with zero attached hydrogens (tertiary/aromatic N) is 3. The van der Waals surface area contributed by atoms with Crippen molar-refractivity contribution in [2.24, 2.45) is 0 Å². The molecule has 6 N–H and O–H groups in total. The number of carbonyl (C=O) groups excluding carboxylic acids is 4. The van der Waals surface area contributed by atoms with Crippen molar-refractivity contribution >= 4 is 64.3 Å². The molecule has 0 aliphatic heterocycles. The normalized spacial score (nSPS) is 11.6. The number of aliphatic hydroxyl groups is 2. The number of ketones is 1. The Morgan fingerprint density at radius 1 is 0.628 bits per heavy atom. The number of benzene rings is 5. The largest absolute Gasteiger partial charge is 0.519 e. The van der Waals surface area contributed by atoms with Crippen LogP contribution in [0.5, 0.6) is 5.88 Å². The van der Waals surface area contributed by atoms with Gasteiger partial charge in [0, 0.05) is 28.7 Å². The van der Waals surface area contributed by atoms with E-state index in [0.29, 0.717) is 27.1 Å². The maximum absolute atomic E-state index is 12.8. The number of hydrogen-bond donors (Lipinski definition) is 6. The molecule has 5 aromatic carbocycles. The van der Waals surface area contributed by atoms with E-state index in [1.54, 1.807) is 61.5 Å². The lowest BCUT2D eigenvalue weighted by atomic mass is 10.0. The number of halogens is 3. The lowest BCUT2D eigenvalue weighted by molar-refractivity contribution is -0.153. The van der Waals surface area contributed by atoms with Crippen LogP contribution >= 0.6 is 34.8 Å². The van der Waals surface area contributed by atoms with E-state index in [2.05, 4.69) is 24.8 Å². The van der Waals surface area contributed by atoms with Crippen molar-refractivity contribution in [3.05, 3.63) is 232 Å². The third-order valence-electron chi connectivity index (χ3n) is 11.9. The predicted molar refractivity (Wildman–Crippen MR) is 305 cm³/mol. The van der Waals surface area contributed by atoms with Gasteiger partial charge >= 0.3 is 35.4 Å². The Morgan fingerprint density at radius 3 is 1.62 bits per heavy atom. The van der Waals surface area contributed by atoms with E-state index in [4.69, 9.17) is 67.3 Å². The summed E-state index contributed by atoms with van der Waals surface area (Å²) in [5.74, 6) is -5.17. The average Bonchev–Trinajstić information content (AvgIpc) is 3.94. The maximum atomic E-state index is 12.8. The second-order valence-corrected chi connectivity index (χ2v) is 19.4. The summed E-state index contributed by atoms with van der Waals surface area (Å²) in [7, 11) is 0. The number of hydrogen-bond acceptors (Lipinski definition) is 21. The molecule has 4 heterocycles. The van der Waals surface area contributed by atoms with Crippen molar-refractivity contribution in [2.45, 2.75) is 51.6 Å². The molecule has 28 heteroatoms. The number of H-pyrrole nitrogens is 1. The number of aliphatic hydroxyl groups excluding tert-OH is 2. The number of ether oxygens (including phenoxy) is 2. The fourth-order valence-electron chi connectivity index (χ4n) is 7.56. The van der Waals surface area contributed by atoms with Crippen molar-refractivity contribution in [1.29, 1.82) is 0 Å².